The van der Waals surface area contributed by atoms with Crippen LogP contribution >= 0.6 is 0 Å². The number of rotatable bonds is 2. The highest BCUT2D eigenvalue weighted by atomic mass is 16.6. The number of carboxylic acids is 1. The van der Waals surface area contributed by atoms with Gasteiger partial charge in [-0.3, -0.25) is 4.79 Å². The number of fused-ring (bicyclic) bond motifs is 1. The van der Waals surface area contributed by atoms with E-state index in [-0.39, 0.29) is 25.7 Å². The van der Waals surface area contributed by atoms with Gasteiger partial charge in [0.05, 0.1) is 13.2 Å². The van der Waals surface area contributed by atoms with E-state index in [0.717, 1.165) is 0 Å². The zero-order valence-corrected chi connectivity index (χ0v) is 11.2. The minimum Gasteiger partial charge on any atom is -0.485 e. The maximum Gasteiger partial charge on any atom is 0.334 e. The molecular formula is C14H15NO6. The van der Waals surface area contributed by atoms with E-state index < -0.39 is 18.2 Å². The van der Waals surface area contributed by atoms with Crippen molar-refractivity contribution in [3.05, 3.63) is 24.3 Å². The molecule has 1 N–H and O–H groups in total. The van der Waals surface area contributed by atoms with Crippen LogP contribution in [0.25, 0.3) is 0 Å². The van der Waals surface area contributed by atoms with Gasteiger partial charge in [-0.2, -0.15) is 0 Å². The van der Waals surface area contributed by atoms with Crippen molar-refractivity contribution in [1.82, 2.24) is 4.90 Å². The van der Waals surface area contributed by atoms with Gasteiger partial charge in [0.15, 0.2) is 17.6 Å². The zero-order chi connectivity index (χ0) is 14.8. The molecule has 7 heteroatoms. The molecule has 2 heterocycles. The molecule has 2 aliphatic rings. The van der Waals surface area contributed by atoms with Crippen LogP contribution in [0.15, 0.2) is 24.3 Å². The fourth-order valence-electron chi connectivity index (χ4n) is 2.34. The molecule has 112 valence electrons. The topological polar surface area (TPSA) is 85.3 Å². The summed E-state index contributed by atoms with van der Waals surface area (Å²) in [5.74, 6) is -0.227. The summed E-state index contributed by atoms with van der Waals surface area (Å²) in [6, 6.07) is 7.12. The second kappa shape index (κ2) is 5.61. The van der Waals surface area contributed by atoms with Crippen molar-refractivity contribution in [1.29, 1.82) is 0 Å². The maximum absolute atomic E-state index is 12.4. The Balaban J connectivity index is 1.67. The van der Waals surface area contributed by atoms with Crippen LogP contribution < -0.4 is 9.47 Å². The molecule has 0 spiro atoms. The lowest BCUT2D eigenvalue weighted by molar-refractivity contribution is -0.162. The molecule has 2 aliphatic heterocycles. The summed E-state index contributed by atoms with van der Waals surface area (Å²) in [6.07, 6.45) is -1.74. The molecule has 1 amide bonds. The normalized spacial score (nSPS) is 24.5. The third kappa shape index (κ3) is 2.78. The minimum absolute atomic E-state index is 0.0235. The first kappa shape index (κ1) is 13.7. The van der Waals surface area contributed by atoms with Crippen LogP contribution in [-0.2, 0) is 14.3 Å². The van der Waals surface area contributed by atoms with Crippen LogP contribution in [0.5, 0.6) is 11.5 Å². The van der Waals surface area contributed by atoms with Gasteiger partial charge in [0, 0.05) is 6.54 Å². The van der Waals surface area contributed by atoms with Crippen molar-refractivity contribution in [3.63, 3.8) is 0 Å². The summed E-state index contributed by atoms with van der Waals surface area (Å²) in [6.45, 7) is 0.692. The molecule has 0 radical (unpaired) electrons. The molecule has 3 rings (SSSR count). The van der Waals surface area contributed by atoms with Gasteiger partial charge in [0.2, 0.25) is 6.10 Å². The Kier molecular flexibility index (Phi) is 3.66. The van der Waals surface area contributed by atoms with E-state index in [1.165, 1.54) is 4.90 Å². The number of carbonyl (C=O) groups excluding carboxylic acids is 1. The van der Waals surface area contributed by atoms with E-state index in [2.05, 4.69) is 0 Å². The lowest BCUT2D eigenvalue weighted by atomic mass is 10.2. The van der Waals surface area contributed by atoms with E-state index in [1.807, 2.05) is 6.07 Å². The number of aliphatic carboxylic acids is 1. The van der Waals surface area contributed by atoms with Gasteiger partial charge < -0.3 is 24.2 Å². The second-order valence-electron chi connectivity index (χ2n) is 4.85. The van der Waals surface area contributed by atoms with Crippen LogP contribution in [0.1, 0.15) is 0 Å². The molecular weight excluding hydrogens is 278 g/mol. The largest absolute Gasteiger partial charge is 0.485 e. The molecule has 1 fully saturated rings. The third-order valence-corrected chi connectivity index (χ3v) is 3.44. The third-order valence-electron chi connectivity index (χ3n) is 3.44. The molecule has 7 nitrogen and oxygen atoms in total. The van der Waals surface area contributed by atoms with Crippen molar-refractivity contribution < 1.29 is 28.9 Å². The number of amides is 1. The van der Waals surface area contributed by atoms with Crippen molar-refractivity contribution in [2.24, 2.45) is 0 Å². The van der Waals surface area contributed by atoms with E-state index in [1.54, 1.807) is 18.2 Å². The van der Waals surface area contributed by atoms with E-state index in [0.29, 0.717) is 18.0 Å². The number of benzene rings is 1. The number of carbonyl (C=O) groups is 2. The Labute approximate surface area is 121 Å². The van der Waals surface area contributed by atoms with E-state index in [4.69, 9.17) is 19.3 Å². The van der Waals surface area contributed by atoms with Crippen molar-refractivity contribution in [2.45, 2.75) is 12.2 Å². The molecule has 1 saturated heterocycles. The number of hydrogen-bond acceptors (Lipinski definition) is 5. The van der Waals surface area contributed by atoms with Crippen molar-refractivity contribution in [2.75, 3.05) is 26.3 Å². The molecule has 1 aromatic carbocycles. The van der Waals surface area contributed by atoms with Crippen molar-refractivity contribution in [3.8, 4) is 11.5 Å². The monoisotopic (exact) mass is 293 g/mol. The van der Waals surface area contributed by atoms with Crippen molar-refractivity contribution >= 4 is 11.9 Å². The fourth-order valence-corrected chi connectivity index (χ4v) is 2.34. The highest BCUT2D eigenvalue weighted by Crippen LogP contribution is 2.31. The van der Waals surface area contributed by atoms with Crippen LogP contribution in [0.2, 0.25) is 0 Å². The van der Waals surface area contributed by atoms with Gasteiger partial charge in [0.1, 0.15) is 6.61 Å². The Bertz CT molecular complexity index is 560. The summed E-state index contributed by atoms with van der Waals surface area (Å²) in [5.41, 5.74) is 0. The van der Waals surface area contributed by atoms with Crippen LogP contribution in [0.4, 0.5) is 0 Å². The summed E-state index contributed by atoms with van der Waals surface area (Å²) < 4.78 is 16.2. The number of hydrogen-bond donors (Lipinski definition) is 1. The standard InChI is InChI=1S/C14H15NO6/c16-13(15-5-6-19-11(7-15)14(17)18)12-8-20-9-3-1-2-4-10(9)21-12/h1-4,11-12H,5-8H2,(H,17,18)/t11-,12+/m0/s1. The molecule has 21 heavy (non-hydrogen) atoms. The molecule has 2 atom stereocenters. The first-order valence-electron chi connectivity index (χ1n) is 6.67. The number of para-hydroxylation sites is 2. The molecule has 0 aliphatic carbocycles. The predicted molar refractivity (Wildman–Crippen MR) is 70.3 cm³/mol. The number of ether oxygens (including phenoxy) is 3. The highest BCUT2D eigenvalue weighted by Gasteiger charge is 2.35. The zero-order valence-electron chi connectivity index (χ0n) is 11.2. The summed E-state index contributed by atoms with van der Waals surface area (Å²) in [4.78, 5) is 24.8. The summed E-state index contributed by atoms with van der Waals surface area (Å²) >= 11 is 0. The Morgan fingerprint density at radius 2 is 1.95 bits per heavy atom. The fraction of sp³-hybridized carbons (Fsp3) is 0.429. The maximum atomic E-state index is 12.4. The Hall–Kier alpha value is -2.28. The predicted octanol–water partition coefficient (Wildman–Crippen LogP) is 0.138. The first-order valence-corrected chi connectivity index (χ1v) is 6.67. The molecule has 1 aromatic rings. The Morgan fingerprint density at radius 1 is 1.19 bits per heavy atom. The number of carboxylic acid groups (broad SMARTS) is 1. The lowest BCUT2D eigenvalue weighted by Gasteiger charge is -2.34. The van der Waals surface area contributed by atoms with Crippen LogP contribution in [0, 0.1) is 0 Å². The van der Waals surface area contributed by atoms with E-state index >= 15 is 0 Å². The van der Waals surface area contributed by atoms with Gasteiger partial charge >= 0.3 is 5.97 Å². The van der Waals surface area contributed by atoms with Crippen LogP contribution in [0.3, 0.4) is 0 Å². The highest BCUT2D eigenvalue weighted by molar-refractivity contribution is 5.83. The second-order valence-corrected chi connectivity index (χ2v) is 4.85. The van der Waals surface area contributed by atoms with Gasteiger partial charge in [-0.05, 0) is 12.1 Å². The smallest absolute Gasteiger partial charge is 0.334 e. The minimum atomic E-state index is -1.07. The van der Waals surface area contributed by atoms with Gasteiger partial charge in [-0.1, -0.05) is 12.1 Å². The molecule has 0 aromatic heterocycles. The summed E-state index contributed by atoms with van der Waals surface area (Å²) in [5, 5.41) is 8.96. The number of nitrogens with zero attached hydrogens (tertiary/aromatic N) is 1. The first-order chi connectivity index (χ1) is 10.1. The van der Waals surface area contributed by atoms with E-state index in [9.17, 15) is 9.59 Å². The Morgan fingerprint density at radius 3 is 2.71 bits per heavy atom. The van der Waals surface area contributed by atoms with Gasteiger partial charge in [-0.15, -0.1) is 0 Å². The summed E-state index contributed by atoms with van der Waals surface area (Å²) in [7, 11) is 0. The lowest BCUT2D eigenvalue weighted by Crippen LogP contribution is -2.54. The number of morpholine rings is 1. The van der Waals surface area contributed by atoms with Gasteiger partial charge in [0.25, 0.3) is 5.91 Å². The molecule has 0 saturated carbocycles. The average molecular weight is 293 g/mol. The quantitative estimate of drug-likeness (QED) is 0.835. The molecule has 0 unspecified atom stereocenters. The average Bonchev–Trinajstić information content (AvgIpc) is 2.53. The SMILES string of the molecule is O=C(O)[C@@H]1CN(C(=O)[C@H]2COc3ccccc3O2)CCO1. The molecule has 0 bridgehead atoms. The van der Waals surface area contributed by atoms with Crippen LogP contribution in [-0.4, -0.2) is 60.4 Å². The van der Waals surface area contributed by atoms with Gasteiger partial charge in [-0.25, -0.2) is 4.79 Å².